The minimum atomic E-state index is -3.48. The molecule has 0 atom stereocenters. The third-order valence-corrected chi connectivity index (χ3v) is 4.58. The predicted molar refractivity (Wildman–Crippen MR) is 69.7 cm³/mol. The lowest BCUT2D eigenvalue weighted by molar-refractivity contribution is 0.477. The number of rotatable bonds is 4. The summed E-state index contributed by atoms with van der Waals surface area (Å²) in [5.41, 5.74) is 6.85. The molecule has 0 amide bonds. The molecule has 0 unspecified atom stereocenters. The Morgan fingerprint density at radius 3 is 2.83 bits per heavy atom. The maximum Gasteiger partial charge on any atom is 0.242 e. The van der Waals surface area contributed by atoms with Crippen LogP contribution < -0.4 is 5.73 Å². The first kappa shape index (κ1) is 13.0. The van der Waals surface area contributed by atoms with Gasteiger partial charge < -0.3 is 10.7 Å². The van der Waals surface area contributed by atoms with Crippen molar-refractivity contribution in [1.82, 2.24) is 14.3 Å². The van der Waals surface area contributed by atoms with E-state index in [1.807, 2.05) is 6.92 Å². The highest BCUT2D eigenvalue weighted by Gasteiger charge is 2.20. The van der Waals surface area contributed by atoms with Crippen LogP contribution in [0.25, 0.3) is 11.0 Å². The van der Waals surface area contributed by atoms with Gasteiger partial charge in [0.2, 0.25) is 10.0 Å². The molecular formula is C11H16N4O2S. The Kier molecular flexibility index (Phi) is 3.38. The number of fused-ring (bicyclic) bond motifs is 1. The second-order valence-corrected chi connectivity index (χ2v) is 6.16. The number of benzene rings is 1. The highest BCUT2D eigenvalue weighted by molar-refractivity contribution is 7.89. The highest BCUT2D eigenvalue weighted by Crippen LogP contribution is 2.19. The van der Waals surface area contributed by atoms with E-state index < -0.39 is 10.0 Å². The Morgan fingerprint density at radius 2 is 2.17 bits per heavy atom. The minimum Gasteiger partial charge on any atom is -0.342 e. The monoisotopic (exact) mass is 268 g/mol. The minimum absolute atomic E-state index is 0.245. The van der Waals surface area contributed by atoms with Crippen LogP contribution in [-0.2, 0) is 10.0 Å². The maximum atomic E-state index is 12.2. The fourth-order valence-corrected chi connectivity index (χ4v) is 2.97. The number of hydrogen-bond acceptors (Lipinski definition) is 4. The van der Waals surface area contributed by atoms with Gasteiger partial charge in [0.1, 0.15) is 5.82 Å². The lowest BCUT2D eigenvalue weighted by atomic mass is 10.3. The van der Waals surface area contributed by atoms with Crippen LogP contribution in [0.4, 0.5) is 0 Å². The molecule has 0 saturated carbocycles. The summed E-state index contributed by atoms with van der Waals surface area (Å²) >= 11 is 0. The summed E-state index contributed by atoms with van der Waals surface area (Å²) in [7, 11) is -1.96. The fraction of sp³-hybridized carbons (Fsp3) is 0.364. The van der Waals surface area contributed by atoms with Gasteiger partial charge in [0.25, 0.3) is 0 Å². The molecule has 18 heavy (non-hydrogen) atoms. The molecule has 3 N–H and O–H groups in total. The Labute approximate surface area is 106 Å². The number of nitrogens with zero attached hydrogens (tertiary/aromatic N) is 2. The molecule has 0 aliphatic rings. The Morgan fingerprint density at radius 1 is 1.44 bits per heavy atom. The molecule has 98 valence electrons. The van der Waals surface area contributed by atoms with Crippen LogP contribution in [0.2, 0.25) is 0 Å². The number of aromatic amines is 1. The second kappa shape index (κ2) is 4.68. The van der Waals surface area contributed by atoms with Gasteiger partial charge in [0.05, 0.1) is 15.9 Å². The zero-order chi connectivity index (χ0) is 13.3. The Balaban J connectivity index is 2.47. The first-order chi connectivity index (χ1) is 8.45. The van der Waals surface area contributed by atoms with Gasteiger partial charge in [-0.05, 0) is 25.1 Å². The molecule has 2 rings (SSSR count). The average Bonchev–Trinajstić information content (AvgIpc) is 2.68. The molecule has 0 spiro atoms. The molecule has 0 bridgehead atoms. The number of likely N-dealkylation sites (N-methyl/N-ethyl adjacent to an activating group) is 1. The molecule has 0 aliphatic heterocycles. The zero-order valence-electron chi connectivity index (χ0n) is 10.3. The predicted octanol–water partition coefficient (Wildman–Crippen LogP) is 0.451. The van der Waals surface area contributed by atoms with E-state index in [9.17, 15) is 8.42 Å². The maximum absolute atomic E-state index is 12.2. The van der Waals surface area contributed by atoms with Crippen LogP contribution in [-0.4, -0.2) is 42.8 Å². The van der Waals surface area contributed by atoms with E-state index in [-0.39, 0.29) is 4.90 Å². The highest BCUT2D eigenvalue weighted by atomic mass is 32.2. The molecule has 0 fully saturated rings. The van der Waals surface area contributed by atoms with Crippen LogP contribution >= 0.6 is 0 Å². The van der Waals surface area contributed by atoms with E-state index in [1.54, 1.807) is 18.2 Å². The van der Waals surface area contributed by atoms with Gasteiger partial charge in [-0.2, -0.15) is 4.31 Å². The number of imidazole rings is 1. The van der Waals surface area contributed by atoms with Crippen molar-refractivity contribution in [2.75, 3.05) is 20.1 Å². The molecule has 1 aromatic carbocycles. The SMILES string of the molecule is Cc1nc2ccc(S(=O)(=O)N(C)CCN)cc2[nH]1. The molecule has 0 saturated heterocycles. The smallest absolute Gasteiger partial charge is 0.242 e. The van der Waals surface area contributed by atoms with Crippen LogP contribution in [0.15, 0.2) is 23.1 Å². The number of sulfonamides is 1. The van der Waals surface area contributed by atoms with Gasteiger partial charge in [-0.1, -0.05) is 0 Å². The Hall–Kier alpha value is -1.44. The standard InChI is InChI=1S/C11H16N4O2S/c1-8-13-10-4-3-9(7-11(10)14-8)18(16,17)15(2)6-5-12/h3-4,7H,5-6,12H2,1-2H3,(H,13,14). The van der Waals surface area contributed by atoms with Crippen LogP contribution in [0.5, 0.6) is 0 Å². The molecule has 6 nitrogen and oxygen atoms in total. The van der Waals surface area contributed by atoms with Crippen molar-refractivity contribution in [3.05, 3.63) is 24.0 Å². The van der Waals surface area contributed by atoms with Crippen LogP contribution in [0, 0.1) is 6.92 Å². The van der Waals surface area contributed by atoms with Crippen molar-refractivity contribution in [2.24, 2.45) is 5.73 Å². The summed E-state index contributed by atoms with van der Waals surface area (Å²) in [4.78, 5) is 7.50. The van der Waals surface area contributed by atoms with Crippen LogP contribution in [0.3, 0.4) is 0 Å². The van der Waals surface area contributed by atoms with Gasteiger partial charge in [-0.3, -0.25) is 0 Å². The topological polar surface area (TPSA) is 92.1 Å². The number of hydrogen-bond donors (Lipinski definition) is 2. The molecule has 1 aromatic heterocycles. The number of nitrogens with one attached hydrogen (secondary N) is 1. The van der Waals surface area contributed by atoms with Crippen molar-refractivity contribution in [3.63, 3.8) is 0 Å². The lowest BCUT2D eigenvalue weighted by Crippen LogP contribution is -2.31. The quantitative estimate of drug-likeness (QED) is 0.842. The third kappa shape index (κ3) is 2.24. The van der Waals surface area contributed by atoms with E-state index in [0.717, 1.165) is 16.9 Å². The van der Waals surface area contributed by atoms with E-state index >= 15 is 0 Å². The molecule has 2 aromatic rings. The number of aryl methyl sites for hydroxylation is 1. The third-order valence-electron chi connectivity index (χ3n) is 2.72. The van der Waals surface area contributed by atoms with Crippen molar-refractivity contribution in [1.29, 1.82) is 0 Å². The van der Waals surface area contributed by atoms with Crippen molar-refractivity contribution < 1.29 is 8.42 Å². The number of nitrogens with two attached hydrogens (primary N) is 1. The normalized spacial score (nSPS) is 12.4. The van der Waals surface area contributed by atoms with Crippen molar-refractivity contribution in [2.45, 2.75) is 11.8 Å². The van der Waals surface area contributed by atoms with Gasteiger partial charge in [-0.25, -0.2) is 13.4 Å². The number of aromatic nitrogens is 2. The fourth-order valence-electron chi connectivity index (χ4n) is 1.76. The van der Waals surface area contributed by atoms with E-state index in [4.69, 9.17) is 5.73 Å². The van der Waals surface area contributed by atoms with Gasteiger partial charge in [-0.15, -0.1) is 0 Å². The van der Waals surface area contributed by atoms with Crippen molar-refractivity contribution >= 4 is 21.1 Å². The van der Waals surface area contributed by atoms with E-state index in [2.05, 4.69) is 9.97 Å². The molecule has 7 heteroatoms. The zero-order valence-corrected chi connectivity index (χ0v) is 11.2. The number of H-pyrrole nitrogens is 1. The van der Waals surface area contributed by atoms with Crippen molar-refractivity contribution in [3.8, 4) is 0 Å². The first-order valence-corrected chi connectivity index (χ1v) is 7.02. The summed E-state index contributed by atoms with van der Waals surface area (Å²) in [6.45, 7) is 2.41. The largest absolute Gasteiger partial charge is 0.342 e. The first-order valence-electron chi connectivity index (χ1n) is 5.58. The molecular weight excluding hydrogens is 252 g/mol. The molecule has 0 radical (unpaired) electrons. The molecule has 1 heterocycles. The summed E-state index contributed by atoms with van der Waals surface area (Å²) in [5, 5.41) is 0. The van der Waals surface area contributed by atoms with E-state index in [0.29, 0.717) is 13.1 Å². The van der Waals surface area contributed by atoms with Crippen LogP contribution in [0.1, 0.15) is 5.82 Å². The summed E-state index contributed by atoms with van der Waals surface area (Å²) in [6.07, 6.45) is 0. The Bertz CT molecular complexity index is 663. The van der Waals surface area contributed by atoms with E-state index in [1.165, 1.54) is 11.4 Å². The summed E-state index contributed by atoms with van der Waals surface area (Å²) in [6, 6.07) is 4.85. The van der Waals surface area contributed by atoms with Gasteiger partial charge in [0.15, 0.2) is 0 Å². The second-order valence-electron chi connectivity index (χ2n) is 4.12. The van der Waals surface area contributed by atoms with Gasteiger partial charge >= 0.3 is 0 Å². The average molecular weight is 268 g/mol. The lowest BCUT2D eigenvalue weighted by Gasteiger charge is -2.15. The molecule has 0 aliphatic carbocycles. The van der Waals surface area contributed by atoms with Gasteiger partial charge in [0, 0.05) is 20.1 Å². The summed E-state index contributed by atoms with van der Waals surface area (Å²) in [5.74, 6) is 0.759. The summed E-state index contributed by atoms with van der Waals surface area (Å²) < 4.78 is 25.7.